The number of imidazole rings is 5. The van der Waals surface area contributed by atoms with E-state index in [2.05, 4.69) is 101 Å². The smallest absolute Gasteiger partial charge is 0.472 e. The summed E-state index contributed by atoms with van der Waals surface area (Å²) in [6.45, 7) is -4.53. The molecule has 10 aromatic rings. The van der Waals surface area contributed by atoms with Gasteiger partial charge in [-0.15, -0.1) is 0 Å². The number of aromatic nitrogens is 20. The molecule has 28 atom stereocenters. The second kappa shape index (κ2) is 37.2. The molecular formula is C50H63N25O47P8-6. The zero-order valence-corrected chi connectivity index (χ0v) is 70.5. The maximum atomic E-state index is 13.1. The standard InChI is InChI=1S/C20H24N10O14P2.C10H16N5O14P3.C10H15N5O11P2.C10H14N5O8P/c21-19-25-13-7(15(33)27-19)23-3-29(13)17-9(31)11-5(41-17)1-39-45(35,36)44-12-6(2-40-46(37,38)43-11)42-18(10(12)32)30-4-24-8-14(30)26-20(22)28-16(8)34;11-10-13-7-4(8(18)14-10)12-2-15(7)9-6(17)5(16)3(27-9)1-26-31(22,23)29-32(24,25)28-30(19,20)21;11-10-13-7-4(8(18)14-10)12-2-15(7)9-6(17)5(16)3(25-9)1-24-28(22,23)26-27(19,20)21;11-10-13-7-4(8(18)14-10)12-2-15(7)9-6(17)5(16)3(23-9)1-22-24(19,20)21/h3-6,9-12,17-18,31-32H,1-2H2,(H,35,36)(H,37,38)(H3,21,25,27,33)(H3,22,26,28,34);2-3,5-6,9,16-17H,1H2,(H,22,23)(H,24,25)(H2,19,20,21)(H3,11,13,14,18);2-3,5-6,9,16-17H,1H2,(H,22,23)(H2,19,20,21)(H3,11,13,14,18);2-3,5-6,9,16-17H,1H2,(H2,19,20,21)(H3,11,13,14,18)/p-6/t5-,6-,9?,10?,11+,12+,17-,18-;3*3-,5-,6-,9-/m1111/s1. The van der Waals surface area contributed by atoms with Crippen LogP contribution in [0.4, 0.5) is 29.7 Å². The Labute approximate surface area is 710 Å². The summed E-state index contributed by atoms with van der Waals surface area (Å²) in [6, 6.07) is 0. The number of nitrogen functional groups attached to an aromatic ring is 5. The van der Waals surface area contributed by atoms with Gasteiger partial charge >= 0.3 is 15.6 Å². The Hall–Kier alpha value is -8.77. The first-order valence-electron chi connectivity index (χ1n) is 35.1. The number of rotatable bonds is 20. The topological polar surface area (TPSA) is 1120 Å². The molecule has 0 spiro atoms. The predicted molar refractivity (Wildman–Crippen MR) is 395 cm³/mol. The number of nitrogens with zero attached hydrogens (tertiary/aromatic N) is 15. The average Bonchev–Trinajstić information content (AvgIpc) is 1.62. The number of nitrogens with two attached hydrogens (primary N) is 5. The highest BCUT2D eigenvalue weighted by atomic mass is 31.3. The summed E-state index contributed by atoms with van der Waals surface area (Å²) in [7, 11) is -44.2. The lowest BCUT2D eigenvalue weighted by molar-refractivity contribution is -0.251. The molecule has 6 saturated heterocycles. The molecule has 16 rings (SSSR count). The summed E-state index contributed by atoms with van der Waals surface area (Å²) in [5.74, 6) is -1.29. The SMILES string of the molecule is Nc1nc2c(ncn2[C@@H]2O[C@@H]3COP(=O)(O)O[C@@H]4C(O)[C@H](n5cnc6c(=O)[nH]c(N)nc65)O[C@@H]4COP(=O)(O)O[C@@H]3C2O)c(=O)[nH]1.Nc1nc2c(ncn2[C@@H]2O[C@H](COP(=O)([O-])O)[C@@H](O)[C@H]2O)c(=O)[nH]1.Nc1nc2c(ncn2[C@@H]2O[C@H](COP(=O)([O-])OP(=O)([O-])O)[C@@H](O)[C@H]2O)c(=O)[nH]1.Nc1nc2c(ncn2[C@@H]2O[C@H](COP(=O)([O-])OP(=O)([O-])OP(=O)([O-])O)[C@@H](O)[C@H]2O)c(=O)[nH]1. The molecule has 716 valence electrons. The number of fused-ring (bicyclic) bond motifs is 7. The Morgan fingerprint density at radius 2 is 0.608 bits per heavy atom. The number of aliphatic hydroxyl groups is 8. The number of aliphatic hydroxyl groups excluding tert-OH is 8. The third-order valence-electron chi connectivity index (χ3n) is 18.4. The molecule has 130 heavy (non-hydrogen) atoms. The van der Waals surface area contributed by atoms with Crippen molar-refractivity contribution in [2.24, 2.45) is 0 Å². The van der Waals surface area contributed by atoms with Gasteiger partial charge in [-0.2, -0.15) is 24.9 Å². The van der Waals surface area contributed by atoms with Crippen LogP contribution in [0.15, 0.2) is 55.6 Å². The summed E-state index contributed by atoms with van der Waals surface area (Å²) in [4.78, 5) is 222. The maximum Gasteiger partial charge on any atom is 0.472 e. The number of hydrogen-bond donors (Lipinski definition) is 23. The van der Waals surface area contributed by atoms with Crippen molar-refractivity contribution in [3.05, 3.63) is 83.4 Å². The molecule has 0 aliphatic carbocycles. The molecule has 6 aliphatic heterocycles. The highest BCUT2D eigenvalue weighted by Gasteiger charge is 2.55. The minimum atomic E-state index is -6.11. The molecular weight excluding hydrogens is 1950 g/mol. The molecule has 6 aliphatic rings. The van der Waals surface area contributed by atoms with Crippen molar-refractivity contribution in [2.75, 3.05) is 61.7 Å². The average molecular weight is 2010 g/mol. The fraction of sp³-hybridized carbons (Fsp3) is 0.500. The lowest BCUT2D eigenvalue weighted by Crippen LogP contribution is -2.39. The first-order chi connectivity index (χ1) is 60.3. The van der Waals surface area contributed by atoms with Crippen molar-refractivity contribution in [3.8, 4) is 0 Å². The highest BCUT2D eigenvalue weighted by Crippen LogP contribution is 2.62. The third-order valence-corrected chi connectivity index (χ3v) is 26.6. The van der Waals surface area contributed by atoms with Gasteiger partial charge in [0.25, 0.3) is 74.7 Å². The zero-order chi connectivity index (χ0) is 95.3. The van der Waals surface area contributed by atoms with Crippen LogP contribution in [0.5, 0.6) is 0 Å². The van der Waals surface area contributed by atoms with Crippen LogP contribution in [0.3, 0.4) is 0 Å². The van der Waals surface area contributed by atoms with Crippen molar-refractivity contribution >= 4 is 148 Å². The van der Waals surface area contributed by atoms with E-state index in [0.717, 1.165) is 49.9 Å². The Morgan fingerprint density at radius 3 is 0.862 bits per heavy atom. The lowest BCUT2D eigenvalue weighted by atomic mass is 10.1. The molecule has 0 saturated carbocycles. The van der Waals surface area contributed by atoms with Gasteiger partial charge in [0.2, 0.25) is 29.7 Å². The number of H-pyrrole nitrogens is 5. The van der Waals surface area contributed by atoms with Gasteiger partial charge < -0.3 is 161 Å². The minimum Gasteiger partial charge on any atom is -0.756 e. The van der Waals surface area contributed by atoms with Crippen molar-refractivity contribution in [1.82, 2.24) is 97.6 Å². The van der Waals surface area contributed by atoms with Crippen molar-refractivity contribution in [3.63, 3.8) is 0 Å². The number of ether oxygens (including phenoxy) is 5. The van der Waals surface area contributed by atoms with Crippen LogP contribution < -0.4 is 85.8 Å². The third kappa shape index (κ3) is 22.2. The van der Waals surface area contributed by atoms with Crippen molar-refractivity contribution in [2.45, 2.75) is 123 Å². The molecule has 10 aromatic heterocycles. The molecule has 28 N–H and O–H groups in total. The van der Waals surface area contributed by atoms with Gasteiger partial charge in [0.15, 0.2) is 87.0 Å². The second-order valence-corrected chi connectivity index (χ2v) is 38.2. The lowest BCUT2D eigenvalue weighted by Gasteiger charge is -2.33. The number of hydrogen-bond acceptors (Lipinski definition) is 57. The number of nitrogens with one attached hydrogen (secondary N) is 5. The van der Waals surface area contributed by atoms with Crippen LogP contribution in [0.2, 0.25) is 0 Å². The van der Waals surface area contributed by atoms with Crippen molar-refractivity contribution < 1.29 is 199 Å². The molecule has 80 heteroatoms. The van der Waals surface area contributed by atoms with Gasteiger partial charge in [-0.3, -0.25) is 117 Å². The molecule has 16 heterocycles. The largest absolute Gasteiger partial charge is 0.756 e. The minimum absolute atomic E-state index is 0.00530. The van der Waals surface area contributed by atoms with Gasteiger partial charge in [-0.1, -0.05) is 0 Å². The van der Waals surface area contributed by atoms with Crippen LogP contribution in [-0.2, 0) is 105 Å². The van der Waals surface area contributed by atoms with Gasteiger partial charge in [0, 0.05) is 0 Å². The normalized spacial score (nSPS) is 32.3. The fourth-order valence-electron chi connectivity index (χ4n) is 13.0. The second-order valence-electron chi connectivity index (χ2n) is 27.2. The van der Waals surface area contributed by atoms with E-state index in [9.17, 15) is 140 Å². The predicted octanol–water partition coefficient (Wildman–Crippen LogP) is -14.2. The summed E-state index contributed by atoms with van der Waals surface area (Å²) in [5.41, 5.74) is 23.1. The van der Waals surface area contributed by atoms with E-state index < -0.39 is 246 Å². The maximum absolute atomic E-state index is 13.1. The number of anilines is 5. The van der Waals surface area contributed by atoms with Crippen LogP contribution in [0, 0.1) is 0 Å². The van der Waals surface area contributed by atoms with Crippen LogP contribution >= 0.6 is 62.6 Å². The van der Waals surface area contributed by atoms with Crippen LogP contribution in [-0.4, -0.2) is 288 Å². The Balaban J connectivity index is 0.000000153. The molecule has 6 fully saturated rings. The first-order valence-corrected chi connectivity index (χ1v) is 47.0. The molecule has 72 nitrogen and oxygen atoms in total. The summed E-state index contributed by atoms with van der Waals surface area (Å²) < 4.78 is 168. The number of phosphoric acid groups is 8. The van der Waals surface area contributed by atoms with Crippen LogP contribution in [0.25, 0.3) is 55.8 Å². The Kier molecular flexibility index (Phi) is 28.3. The van der Waals surface area contributed by atoms with Crippen molar-refractivity contribution in [1.29, 1.82) is 0 Å². The fourth-order valence-corrected chi connectivity index (χ4v) is 19.7. The van der Waals surface area contributed by atoms with E-state index in [4.69, 9.17) is 85.1 Å². The van der Waals surface area contributed by atoms with Gasteiger partial charge in [0.1, 0.15) is 91.6 Å². The molecule has 0 amide bonds. The van der Waals surface area contributed by atoms with E-state index in [-0.39, 0.29) is 85.6 Å². The van der Waals surface area contributed by atoms with E-state index in [1.165, 1.54) is 4.57 Å². The zero-order valence-electron chi connectivity index (χ0n) is 63.3. The molecule has 0 radical (unpaired) electrons. The number of phosphoric ester groups is 5. The van der Waals surface area contributed by atoms with Gasteiger partial charge in [-0.25, -0.2) is 47.0 Å². The molecule has 0 bridgehead atoms. The Morgan fingerprint density at radius 1 is 0.369 bits per heavy atom. The highest BCUT2D eigenvalue weighted by molar-refractivity contribution is 7.65. The summed E-state index contributed by atoms with van der Waals surface area (Å²) in [5, 5.41) is 82.8. The van der Waals surface area contributed by atoms with Crippen LogP contribution in [0.1, 0.15) is 31.1 Å². The Bertz CT molecular complexity index is 6520. The van der Waals surface area contributed by atoms with E-state index in [1.54, 1.807) is 0 Å². The van der Waals surface area contributed by atoms with Gasteiger partial charge in [0.05, 0.1) is 64.7 Å². The monoisotopic (exact) mass is 2010 g/mol. The molecule has 10 unspecified atom stereocenters. The number of aromatic amines is 5. The van der Waals surface area contributed by atoms with E-state index in [1.807, 2.05) is 0 Å². The first kappa shape index (κ1) is 98.7. The van der Waals surface area contributed by atoms with E-state index in [0.29, 0.717) is 0 Å². The quantitative estimate of drug-likeness (QED) is 0.0315. The molecule has 0 aromatic carbocycles. The van der Waals surface area contributed by atoms with Gasteiger partial charge in [-0.05, 0) is 0 Å². The van der Waals surface area contributed by atoms with E-state index >= 15 is 0 Å². The summed E-state index contributed by atoms with van der Waals surface area (Å²) >= 11 is 0. The summed E-state index contributed by atoms with van der Waals surface area (Å²) in [6.07, 6.45) is -25.9.